The average Bonchev–Trinajstić information content (AvgIpc) is 3.44. The zero-order valence-electron chi connectivity index (χ0n) is 23.4. The highest BCUT2D eigenvalue weighted by molar-refractivity contribution is 7.22. The summed E-state index contributed by atoms with van der Waals surface area (Å²) in [5.74, 6) is 0.0260. The van der Waals surface area contributed by atoms with Crippen LogP contribution in [-0.2, 0) is 16.0 Å². The number of aromatic nitrogens is 1. The molecular weight excluding hydrogens is 567 g/mol. The molecule has 6 rings (SSSR count). The molecule has 0 radical (unpaired) electrons. The molecule has 1 fully saturated rings. The number of rotatable bonds is 8. The van der Waals surface area contributed by atoms with Gasteiger partial charge in [0.2, 0.25) is 5.91 Å². The van der Waals surface area contributed by atoms with Gasteiger partial charge < -0.3 is 25.0 Å². The summed E-state index contributed by atoms with van der Waals surface area (Å²) in [6.07, 6.45) is 0.170. The van der Waals surface area contributed by atoms with Crippen LogP contribution in [-0.4, -0.2) is 55.1 Å². The fraction of sp³-hybridized carbons (Fsp3) is 0.182. The van der Waals surface area contributed by atoms with Gasteiger partial charge in [0, 0.05) is 24.3 Å². The van der Waals surface area contributed by atoms with Crippen LogP contribution in [0.4, 0.5) is 20.9 Å². The topological polar surface area (TPSA) is 92.8 Å². The maximum absolute atomic E-state index is 13.1. The van der Waals surface area contributed by atoms with Crippen molar-refractivity contribution in [1.29, 1.82) is 0 Å². The lowest BCUT2D eigenvalue weighted by Gasteiger charge is -2.27. The van der Waals surface area contributed by atoms with E-state index in [4.69, 9.17) is 14.5 Å². The summed E-state index contributed by atoms with van der Waals surface area (Å²) in [6, 6.07) is 25.0. The van der Waals surface area contributed by atoms with Crippen LogP contribution in [0.5, 0.6) is 5.75 Å². The van der Waals surface area contributed by atoms with E-state index in [-0.39, 0.29) is 24.1 Å². The lowest BCUT2D eigenvalue weighted by atomic mass is 10.1. The number of ether oxygens (including phenoxy) is 2. The van der Waals surface area contributed by atoms with Crippen molar-refractivity contribution in [2.75, 3.05) is 44.0 Å². The summed E-state index contributed by atoms with van der Waals surface area (Å²) in [7, 11) is 1.58. The number of hydrogen-bond donors (Lipinski definition) is 2. The summed E-state index contributed by atoms with van der Waals surface area (Å²) in [5.41, 5.74) is 5.61. The van der Waals surface area contributed by atoms with Gasteiger partial charge in [-0.05, 0) is 71.3 Å². The number of amides is 2. The first-order valence-electron chi connectivity index (χ1n) is 13.8. The standard InChI is InChI=1S/C33H29FN4O4S/c1-41-29-19-24(32(40)38-14-16-42-17-15-38)7-12-27(29)36-33-37-28-13-6-23(20-30(28)43-33)22-4-10-26(11-5-22)35-31(39)18-21-2-8-25(34)9-3-21/h2-13,19-20H,14-18H2,1H3,(H,35,39)(H,36,37). The number of hydrogen-bond acceptors (Lipinski definition) is 7. The molecule has 0 aliphatic carbocycles. The Bertz CT molecular complexity index is 1770. The highest BCUT2D eigenvalue weighted by Crippen LogP contribution is 2.35. The summed E-state index contributed by atoms with van der Waals surface area (Å²) >= 11 is 1.52. The second kappa shape index (κ2) is 12.6. The lowest BCUT2D eigenvalue weighted by Crippen LogP contribution is -2.40. The smallest absolute Gasteiger partial charge is 0.254 e. The predicted octanol–water partition coefficient (Wildman–Crippen LogP) is 6.51. The second-order valence-electron chi connectivity index (χ2n) is 10.1. The first-order valence-corrected chi connectivity index (χ1v) is 14.6. The molecular formula is C33H29FN4O4S. The number of carbonyl (C=O) groups excluding carboxylic acids is 2. The summed E-state index contributed by atoms with van der Waals surface area (Å²) in [6.45, 7) is 2.25. The maximum atomic E-state index is 13.1. The molecule has 8 nitrogen and oxygen atoms in total. The normalized spacial score (nSPS) is 13.1. The van der Waals surface area contributed by atoms with Gasteiger partial charge in [-0.1, -0.05) is 41.7 Å². The molecule has 1 saturated heterocycles. The molecule has 0 saturated carbocycles. The Kier molecular flexibility index (Phi) is 8.30. The Labute approximate surface area is 252 Å². The van der Waals surface area contributed by atoms with Crippen molar-refractivity contribution in [1.82, 2.24) is 9.88 Å². The molecule has 2 N–H and O–H groups in total. The third kappa shape index (κ3) is 6.66. The van der Waals surface area contributed by atoms with Crippen LogP contribution in [0, 0.1) is 5.82 Å². The van der Waals surface area contributed by atoms with Crippen molar-refractivity contribution in [2.24, 2.45) is 0 Å². The number of morpholine rings is 1. The molecule has 4 aromatic carbocycles. The molecule has 0 bridgehead atoms. The van der Waals surface area contributed by atoms with E-state index >= 15 is 0 Å². The van der Waals surface area contributed by atoms with Gasteiger partial charge in [0.15, 0.2) is 5.13 Å². The lowest BCUT2D eigenvalue weighted by molar-refractivity contribution is -0.115. The van der Waals surface area contributed by atoms with Crippen LogP contribution < -0.4 is 15.4 Å². The molecule has 43 heavy (non-hydrogen) atoms. The van der Waals surface area contributed by atoms with Crippen molar-refractivity contribution >= 4 is 49.9 Å². The second-order valence-corrected chi connectivity index (χ2v) is 11.1. The Morgan fingerprint density at radius 3 is 2.44 bits per heavy atom. The Hall–Kier alpha value is -4.80. The van der Waals surface area contributed by atoms with Gasteiger partial charge in [-0.25, -0.2) is 9.37 Å². The molecule has 1 aromatic heterocycles. The number of methoxy groups -OCH3 is 1. The first kappa shape index (κ1) is 28.3. The van der Waals surface area contributed by atoms with Gasteiger partial charge in [-0.3, -0.25) is 9.59 Å². The largest absolute Gasteiger partial charge is 0.495 e. The van der Waals surface area contributed by atoms with E-state index < -0.39 is 0 Å². The molecule has 1 aliphatic rings. The van der Waals surface area contributed by atoms with Gasteiger partial charge in [0.25, 0.3) is 5.91 Å². The molecule has 0 unspecified atom stereocenters. The zero-order valence-corrected chi connectivity index (χ0v) is 24.2. The highest BCUT2D eigenvalue weighted by atomic mass is 32.1. The molecule has 5 aromatic rings. The van der Waals surface area contributed by atoms with Crippen molar-refractivity contribution < 1.29 is 23.5 Å². The number of nitrogens with zero attached hydrogens (tertiary/aromatic N) is 2. The van der Waals surface area contributed by atoms with E-state index in [0.29, 0.717) is 48.4 Å². The van der Waals surface area contributed by atoms with Crippen LogP contribution in [0.3, 0.4) is 0 Å². The van der Waals surface area contributed by atoms with Crippen molar-refractivity contribution in [2.45, 2.75) is 6.42 Å². The fourth-order valence-electron chi connectivity index (χ4n) is 4.89. The first-order chi connectivity index (χ1) is 20.9. The summed E-state index contributed by atoms with van der Waals surface area (Å²) < 4.78 is 25.1. The molecule has 218 valence electrons. The maximum Gasteiger partial charge on any atom is 0.254 e. The van der Waals surface area contributed by atoms with Crippen LogP contribution in [0.25, 0.3) is 21.3 Å². The third-order valence-corrected chi connectivity index (χ3v) is 8.09. The van der Waals surface area contributed by atoms with Gasteiger partial charge in [-0.2, -0.15) is 0 Å². The van der Waals surface area contributed by atoms with Crippen LogP contribution in [0.1, 0.15) is 15.9 Å². The van der Waals surface area contributed by atoms with Crippen molar-refractivity contribution in [3.63, 3.8) is 0 Å². The highest BCUT2D eigenvalue weighted by Gasteiger charge is 2.20. The minimum atomic E-state index is -0.326. The van der Waals surface area contributed by atoms with Crippen LogP contribution in [0.2, 0.25) is 0 Å². The van der Waals surface area contributed by atoms with E-state index in [1.807, 2.05) is 42.5 Å². The average molecular weight is 597 g/mol. The Morgan fingerprint density at radius 2 is 1.70 bits per heavy atom. The van der Waals surface area contributed by atoms with E-state index in [2.05, 4.69) is 16.7 Å². The monoisotopic (exact) mass is 596 g/mol. The molecule has 1 aliphatic heterocycles. The minimum Gasteiger partial charge on any atom is -0.495 e. The van der Waals surface area contributed by atoms with E-state index in [0.717, 1.165) is 32.6 Å². The van der Waals surface area contributed by atoms with Crippen LogP contribution in [0.15, 0.2) is 84.9 Å². The van der Waals surface area contributed by atoms with Gasteiger partial charge in [0.05, 0.1) is 42.6 Å². The quantitative estimate of drug-likeness (QED) is 0.212. The predicted molar refractivity (Wildman–Crippen MR) is 167 cm³/mol. The number of halogens is 1. The third-order valence-electron chi connectivity index (χ3n) is 7.16. The minimum absolute atomic E-state index is 0.0407. The fourth-order valence-corrected chi connectivity index (χ4v) is 5.81. The Balaban J connectivity index is 1.13. The van der Waals surface area contributed by atoms with E-state index in [1.165, 1.54) is 23.5 Å². The number of anilines is 3. The number of fused-ring (bicyclic) bond motifs is 1. The number of thiazole rings is 1. The van der Waals surface area contributed by atoms with Gasteiger partial charge >= 0.3 is 0 Å². The summed E-state index contributed by atoms with van der Waals surface area (Å²) in [4.78, 5) is 31.8. The van der Waals surface area contributed by atoms with Gasteiger partial charge in [0.1, 0.15) is 11.6 Å². The molecule has 10 heteroatoms. The zero-order chi connectivity index (χ0) is 29.8. The molecule has 2 amide bonds. The molecule has 0 atom stereocenters. The SMILES string of the molecule is COc1cc(C(=O)N2CCOCC2)ccc1Nc1nc2ccc(-c3ccc(NC(=O)Cc4ccc(F)cc4)cc3)cc2s1. The van der Waals surface area contributed by atoms with Crippen molar-refractivity contribution in [3.8, 4) is 16.9 Å². The van der Waals surface area contributed by atoms with E-state index in [1.54, 1.807) is 36.3 Å². The molecule has 2 heterocycles. The number of nitrogens with one attached hydrogen (secondary N) is 2. The van der Waals surface area contributed by atoms with Crippen LogP contribution >= 0.6 is 11.3 Å². The van der Waals surface area contributed by atoms with Gasteiger partial charge in [-0.15, -0.1) is 0 Å². The van der Waals surface area contributed by atoms with E-state index in [9.17, 15) is 14.0 Å². The molecule has 0 spiro atoms. The summed E-state index contributed by atoms with van der Waals surface area (Å²) in [5, 5.41) is 6.94. The number of carbonyl (C=O) groups is 2. The number of benzene rings is 4. The van der Waals surface area contributed by atoms with Crippen molar-refractivity contribution in [3.05, 3.63) is 102 Å². The Morgan fingerprint density at radius 1 is 0.953 bits per heavy atom.